The van der Waals surface area contributed by atoms with Crippen LogP contribution in [0.25, 0.3) is 0 Å². The highest BCUT2D eigenvalue weighted by molar-refractivity contribution is 5.18. The van der Waals surface area contributed by atoms with Crippen LogP contribution in [0.4, 0.5) is 0 Å². The molecule has 0 N–H and O–H groups in total. The summed E-state index contributed by atoms with van der Waals surface area (Å²) in [6.45, 7) is 6.14. The van der Waals surface area contributed by atoms with E-state index in [1.165, 1.54) is 5.56 Å². The van der Waals surface area contributed by atoms with Gasteiger partial charge in [0.15, 0.2) is 5.79 Å². The molecule has 2 heterocycles. The van der Waals surface area contributed by atoms with Crippen LogP contribution in [0.1, 0.15) is 30.5 Å². The van der Waals surface area contributed by atoms with E-state index in [4.69, 9.17) is 23.8 Å². The first kappa shape index (κ1) is 24.7. The second kappa shape index (κ2) is 10.7. The molecular weight excluding hydrogens is 466 g/mol. The molecule has 6 atom stereocenters. The molecule has 0 unspecified atom stereocenters. The van der Waals surface area contributed by atoms with Gasteiger partial charge in [0, 0.05) is 12.5 Å². The topological polar surface area (TPSA) is 49.4 Å². The molecule has 6 rings (SSSR count). The lowest BCUT2D eigenvalue weighted by molar-refractivity contribution is -0.214. The zero-order chi connectivity index (χ0) is 25.2. The molecule has 37 heavy (non-hydrogen) atoms. The number of ether oxygens (including phenoxy) is 4. The molecule has 194 valence electrons. The minimum atomic E-state index is -0.670. The fraction of sp³-hybridized carbons (Fsp3) is 0.419. The monoisotopic (exact) mass is 501 g/mol. The van der Waals surface area contributed by atoms with E-state index < -0.39 is 5.79 Å². The van der Waals surface area contributed by atoms with E-state index in [1.54, 1.807) is 0 Å². The standard InChI is InChI=1S/C31H35NO5/c1-31(2)35-28-26-25(21-33-19-23-14-8-4-9-15-23)37-32(18-22-12-6-3-7-13-22)27(26)29(30(28)36-31)34-20-24-16-10-5-11-17-24/h3-17,25-30H,18-21H2,1-2H3/t25-,26+,27-,28-,29+,30-/m0/s1. The van der Waals surface area contributed by atoms with Crippen molar-refractivity contribution >= 4 is 0 Å². The molecule has 3 aromatic carbocycles. The summed E-state index contributed by atoms with van der Waals surface area (Å²) in [4.78, 5) is 6.62. The molecule has 3 aliphatic rings. The Bertz CT molecular complexity index is 1140. The number of nitrogens with zero attached hydrogens (tertiary/aromatic N) is 1. The van der Waals surface area contributed by atoms with Gasteiger partial charge in [-0.25, -0.2) is 0 Å². The maximum atomic E-state index is 6.63. The molecule has 0 aromatic heterocycles. The number of fused-ring (bicyclic) bond motifs is 3. The Hall–Kier alpha value is -2.58. The Labute approximate surface area is 219 Å². The Morgan fingerprint density at radius 3 is 1.95 bits per heavy atom. The van der Waals surface area contributed by atoms with Gasteiger partial charge in [0.25, 0.3) is 0 Å². The summed E-state index contributed by atoms with van der Waals surface area (Å²) in [7, 11) is 0. The third kappa shape index (κ3) is 5.36. The van der Waals surface area contributed by atoms with Gasteiger partial charge in [-0.3, -0.25) is 4.84 Å². The van der Waals surface area contributed by atoms with Crippen molar-refractivity contribution in [2.75, 3.05) is 6.61 Å². The largest absolute Gasteiger partial charge is 0.374 e. The molecule has 3 aromatic rings. The zero-order valence-corrected chi connectivity index (χ0v) is 21.4. The number of rotatable bonds is 9. The van der Waals surface area contributed by atoms with E-state index in [1.807, 2.05) is 56.3 Å². The lowest BCUT2D eigenvalue weighted by atomic mass is 9.95. The van der Waals surface area contributed by atoms with Crippen molar-refractivity contribution in [1.29, 1.82) is 0 Å². The van der Waals surface area contributed by atoms with Gasteiger partial charge in [-0.2, -0.15) is 5.06 Å². The minimum absolute atomic E-state index is 0.0136. The van der Waals surface area contributed by atoms with Crippen LogP contribution in [0.2, 0.25) is 0 Å². The summed E-state index contributed by atoms with van der Waals surface area (Å²) in [5.41, 5.74) is 3.47. The van der Waals surface area contributed by atoms with Gasteiger partial charge in [0.2, 0.25) is 0 Å². The van der Waals surface area contributed by atoms with E-state index in [0.29, 0.717) is 26.4 Å². The molecule has 1 aliphatic carbocycles. The molecule has 2 aliphatic heterocycles. The maximum Gasteiger partial charge on any atom is 0.163 e. The highest BCUT2D eigenvalue weighted by atomic mass is 16.8. The molecule has 0 radical (unpaired) electrons. The third-order valence-corrected chi connectivity index (χ3v) is 7.49. The van der Waals surface area contributed by atoms with E-state index in [9.17, 15) is 0 Å². The van der Waals surface area contributed by atoms with Gasteiger partial charge in [0.05, 0.1) is 32.0 Å². The van der Waals surface area contributed by atoms with Crippen molar-refractivity contribution in [2.45, 2.75) is 69.9 Å². The van der Waals surface area contributed by atoms with Crippen LogP contribution >= 0.6 is 0 Å². The Kier molecular flexibility index (Phi) is 7.12. The van der Waals surface area contributed by atoms with Crippen molar-refractivity contribution in [3.63, 3.8) is 0 Å². The zero-order valence-electron chi connectivity index (χ0n) is 21.4. The van der Waals surface area contributed by atoms with E-state index >= 15 is 0 Å². The van der Waals surface area contributed by atoms with Gasteiger partial charge >= 0.3 is 0 Å². The van der Waals surface area contributed by atoms with Crippen molar-refractivity contribution in [2.24, 2.45) is 5.92 Å². The van der Waals surface area contributed by atoms with Crippen molar-refractivity contribution in [1.82, 2.24) is 5.06 Å². The van der Waals surface area contributed by atoms with E-state index in [-0.39, 0.29) is 36.4 Å². The normalized spacial score (nSPS) is 30.3. The van der Waals surface area contributed by atoms with Crippen LogP contribution in [0.3, 0.4) is 0 Å². The lowest BCUT2D eigenvalue weighted by Gasteiger charge is -2.31. The molecule has 3 fully saturated rings. The second-order valence-corrected chi connectivity index (χ2v) is 10.6. The third-order valence-electron chi connectivity index (χ3n) is 7.49. The summed E-state index contributed by atoms with van der Waals surface area (Å²) in [5.74, 6) is -0.608. The van der Waals surface area contributed by atoms with Gasteiger partial charge in [0.1, 0.15) is 18.3 Å². The van der Waals surface area contributed by atoms with Crippen LogP contribution in [-0.4, -0.2) is 47.9 Å². The quantitative estimate of drug-likeness (QED) is 0.406. The van der Waals surface area contributed by atoms with Crippen LogP contribution in [0.5, 0.6) is 0 Å². The number of hydrogen-bond acceptors (Lipinski definition) is 6. The summed E-state index contributed by atoms with van der Waals surface area (Å²) in [5, 5.41) is 2.09. The summed E-state index contributed by atoms with van der Waals surface area (Å²) < 4.78 is 25.8. The molecule has 0 amide bonds. The van der Waals surface area contributed by atoms with Crippen LogP contribution in [0.15, 0.2) is 91.0 Å². The number of hydroxylamine groups is 2. The van der Waals surface area contributed by atoms with Crippen molar-refractivity contribution < 1.29 is 23.8 Å². The Morgan fingerprint density at radius 1 is 0.730 bits per heavy atom. The number of hydrogen-bond donors (Lipinski definition) is 0. The first-order valence-corrected chi connectivity index (χ1v) is 13.2. The van der Waals surface area contributed by atoms with Crippen molar-refractivity contribution in [3.8, 4) is 0 Å². The van der Waals surface area contributed by atoms with E-state index in [2.05, 4.69) is 53.6 Å². The van der Waals surface area contributed by atoms with Crippen LogP contribution < -0.4 is 0 Å². The first-order valence-electron chi connectivity index (χ1n) is 13.2. The van der Waals surface area contributed by atoms with E-state index in [0.717, 1.165) is 11.1 Å². The predicted molar refractivity (Wildman–Crippen MR) is 139 cm³/mol. The fourth-order valence-corrected chi connectivity index (χ4v) is 5.95. The Balaban J connectivity index is 1.25. The first-order chi connectivity index (χ1) is 18.1. The average Bonchev–Trinajstić information content (AvgIpc) is 3.51. The highest BCUT2D eigenvalue weighted by Gasteiger charge is 2.66. The lowest BCUT2D eigenvalue weighted by Crippen LogP contribution is -2.44. The minimum Gasteiger partial charge on any atom is -0.374 e. The van der Waals surface area contributed by atoms with Gasteiger partial charge in [-0.1, -0.05) is 91.0 Å². The molecule has 0 bridgehead atoms. The maximum absolute atomic E-state index is 6.63. The highest BCUT2D eigenvalue weighted by Crippen LogP contribution is 2.50. The molecule has 6 nitrogen and oxygen atoms in total. The SMILES string of the molecule is CC1(C)O[C@H]2[C@@H](O1)[C@H]1[C@@H]([C@H]2OCc2ccccc2)N(Cc2ccccc2)O[C@H]1COCc1ccccc1. The average molecular weight is 502 g/mol. The van der Waals surface area contributed by atoms with Gasteiger partial charge < -0.3 is 18.9 Å². The second-order valence-electron chi connectivity index (χ2n) is 10.6. The fourth-order valence-electron chi connectivity index (χ4n) is 5.95. The molecule has 1 saturated carbocycles. The number of benzene rings is 3. The summed E-state index contributed by atoms with van der Waals surface area (Å²) >= 11 is 0. The summed E-state index contributed by atoms with van der Waals surface area (Å²) in [6.07, 6.45) is -0.660. The summed E-state index contributed by atoms with van der Waals surface area (Å²) in [6, 6.07) is 30.9. The molecule has 6 heteroatoms. The van der Waals surface area contributed by atoms with Gasteiger partial charge in [-0.15, -0.1) is 0 Å². The van der Waals surface area contributed by atoms with Crippen molar-refractivity contribution in [3.05, 3.63) is 108 Å². The van der Waals surface area contributed by atoms with Crippen LogP contribution in [-0.2, 0) is 43.5 Å². The predicted octanol–water partition coefficient (Wildman–Crippen LogP) is 5.12. The smallest absolute Gasteiger partial charge is 0.163 e. The molecule has 2 saturated heterocycles. The molecule has 0 spiro atoms. The Morgan fingerprint density at radius 2 is 1.30 bits per heavy atom. The molecular formula is C31H35NO5. The van der Waals surface area contributed by atoms with Gasteiger partial charge in [-0.05, 0) is 30.5 Å². The van der Waals surface area contributed by atoms with Crippen LogP contribution in [0, 0.1) is 5.92 Å².